The Morgan fingerprint density at radius 3 is 2.71 bits per heavy atom. The van der Waals surface area contributed by atoms with Gasteiger partial charge < -0.3 is 9.64 Å². The molecule has 0 radical (unpaired) electrons. The van der Waals surface area contributed by atoms with E-state index in [1.54, 1.807) is 36.4 Å². The van der Waals surface area contributed by atoms with Crippen LogP contribution < -0.4 is 0 Å². The number of rotatable bonds is 3. The van der Waals surface area contributed by atoms with Crippen LogP contribution in [-0.2, 0) is 26.2 Å². The molecule has 4 rings (SSSR count). The second-order valence-corrected chi connectivity index (χ2v) is 8.48. The Kier molecular flexibility index (Phi) is 4.89. The van der Waals surface area contributed by atoms with Crippen molar-refractivity contribution in [3.8, 4) is 0 Å². The molecule has 2 aliphatic rings. The maximum atomic E-state index is 13.0. The summed E-state index contributed by atoms with van der Waals surface area (Å²) in [5, 5.41) is 0. The number of benzene rings is 2. The Morgan fingerprint density at radius 1 is 1.18 bits per heavy atom. The van der Waals surface area contributed by atoms with E-state index in [0.29, 0.717) is 36.5 Å². The summed E-state index contributed by atoms with van der Waals surface area (Å²) in [6.07, 6.45) is 1.40. The summed E-state index contributed by atoms with van der Waals surface area (Å²) in [7, 11) is -3.69. The zero-order chi connectivity index (χ0) is 19.7. The average molecular weight is 402 g/mol. The fourth-order valence-corrected chi connectivity index (χ4v) is 4.76. The number of carbonyl (C=O) groups excluding carboxylic acids is 1. The molecule has 2 heterocycles. The fourth-order valence-electron chi connectivity index (χ4n) is 3.53. The molecule has 2 aliphatic heterocycles. The molecule has 6 nitrogen and oxygen atoms in total. The van der Waals surface area contributed by atoms with Crippen LogP contribution in [0, 0.1) is 11.7 Å². The van der Waals surface area contributed by atoms with Gasteiger partial charge in [0.25, 0.3) is 10.0 Å². The first-order valence-electron chi connectivity index (χ1n) is 9.04. The van der Waals surface area contributed by atoms with Gasteiger partial charge in [-0.15, -0.1) is 4.40 Å². The Hall–Kier alpha value is -2.74. The van der Waals surface area contributed by atoms with Gasteiger partial charge in [0.15, 0.2) is 5.84 Å². The van der Waals surface area contributed by atoms with Crippen LogP contribution in [0.2, 0.25) is 0 Å². The third-order valence-electron chi connectivity index (χ3n) is 4.96. The van der Waals surface area contributed by atoms with Crippen molar-refractivity contribution in [2.45, 2.75) is 24.3 Å². The number of halogens is 1. The third kappa shape index (κ3) is 3.64. The molecule has 28 heavy (non-hydrogen) atoms. The number of esters is 1. The SMILES string of the molecule is O=C(OCc1ccc(F)cc1)C1CCCN(C2=NS(=O)(=O)c3ccccc32)C1. The highest BCUT2D eigenvalue weighted by Gasteiger charge is 2.35. The number of piperidine rings is 1. The summed E-state index contributed by atoms with van der Waals surface area (Å²) >= 11 is 0. The molecule has 1 fully saturated rings. The Bertz CT molecular complexity index is 1030. The average Bonchev–Trinajstić information content (AvgIpc) is 2.99. The summed E-state index contributed by atoms with van der Waals surface area (Å²) in [6.45, 7) is 1.06. The van der Waals surface area contributed by atoms with Crippen molar-refractivity contribution < 1.29 is 22.3 Å². The molecule has 2 aromatic carbocycles. The van der Waals surface area contributed by atoms with Gasteiger partial charge in [-0.05, 0) is 42.7 Å². The Labute approximate surface area is 162 Å². The van der Waals surface area contributed by atoms with Crippen molar-refractivity contribution in [3.63, 3.8) is 0 Å². The molecule has 0 spiro atoms. The van der Waals surface area contributed by atoms with Gasteiger partial charge in [-0.25, -0.2) is 4.39 Å². The molecule has 1 atom stereocenters. The lowest BCUT2D eigenvalue weighted by atomic mass is 9.97. The van der Waals surface area contributed by atoms with Crippen molar-refractivity contribution in [2.75, 3.05) is 13.1 Å². The first-order valence-corrected chi connectivity index (χ1v) is 10.5. The normalized spacial score (nSPS) is 20.4. The summed E-state index contributed by atoms with van der Waals surface area (Å²) in [5.41, 5.74) is 1.28. The van der Waals surface area contributed by atoms with Gasteiger partial charge in [-0.2, -0.15) is 8.42 Å². The largest absolute Gasteiger partial charge is 0.461 e. The molecule has 0 saturated carbocycles. The number of fused-ring (bicyclic) bond motifs is 1. The molecule has 1 saturated heterocycles. The molecule has 146 valence electrons. The predicted octanol–water partition coefficient (Wildman–Crippen LogP) is 2.73. The molecular formula is C20H19FN2O4S. The van der Waals surface area contributed by atoms with Gasteiger partial charge in [-0.1, -0.05) is 24.3 Å². The van der Waals surface area contributed by atoms with E-state index in [4.69, 9.17) is 4.74 Å². The first-order chi connectivity index (χ1) is 13.4. The van der Waals surface area contributed by atoms with Gasteiger partial charge in [0.05, 0.1) is 5.92 Å². The lowest BCUT2D eigenvalue weighted by molar-refractivity contribution is -0.151. The number of amidine groups is 1. The van der Waals surface area contributed by atoms with E-state index in [0.717, 1.165) is 6.42 Å². The van der Waals surface area contributed by atoms with Crippen molar-refractivity contribution in [1.29, 1.82) is 0 Å². The molecule has 0 bridgehead atoms. The second kappa shape index (κ2) is 7.35. The molecule has 0 aliphatic carbocycles. The maximum absolute atomic E-state index is 13.0. The summed E-state index contributed by atoms with van der Waals surface area (Å²) in [6, 6.07) is 12.5. The Balaban J connectivity index is 1.45. The number of hydrogen-bond acceptors (Lipinski definition) is 5. The van der Waals surface area contributed by atoms with Crippen LogP contribution in [0.15, 0.2) is 57.8 Å². The lowest BCUT2D eigenvalue weighted by Crippen LogP contribution is -2.42. The first kappa shape index (κ1) is 18.6. The van der Waals surface area contributed by atoms with E-state index in [9.17, 15) is 17.6 Å². The van der Waals surface area contributed by atoms with Gasteiger partial charge in [0.2, 0.25) is 0 Å². The minimum Gasteiger partial charge on any atom is -0.461 e. The van der Waals surface area contributed by atoms with E-state index in [-0.39, 0.29) is 29.2 Å². The topological polar surface area (TPSA) is 76.0 Å². The van der Waals surface area contributed by atoms with Crippen LogP contribution in [0.25, 0.3) is 0 Å². The van der Waals surface area contributed by atoms with Crippen molar-refractivity contribution in [1.82, 2.24) is 4.90 Å². The zero-order valence-corrected chi connectivity index (χ0v) is 15.9. The van der Waals surface area contributed by atoms with Crippen molar-refractivity contribution in [2.24, 2.45) is 10.3 Å². The number of hydrogen-bond donors (Lipinski definition) is 0. The predicted molar refractivity (Wildman–Crippen MR) is 101 cm³/mol. The molecular weight excluding hydrogens is 383 g/mol. The Morgan fingerprint density at radius 2 is 1.93 bits per heavy atom. The van der Waals surface area contributed by atoms with Gasteiger partial charge in [0.1, 0.15) is 17.3 Å². The number of nitrogens with zero attached hydrogens (tertiary/aromatic N) is 2. The van der Waals surface area contributed by atoms with Crippen LogP contribution in [0.4, 0.5) is 4.39 Å². The van der Waals surface area contributed by atoms with E-state index in [1.165, 1.54) is 12.1 Å². The monoisotopic (exact) mass is 402 g/mol. The second-order valence-electron chi connectivity index (χ2n) is 6.91. The number of likely N-dealkylation sites (tertiary alicyclic amines) is 1. The van der Waals surface area contributed by atoms with Crippen molar-refractivity contribution >= 4 is 21.8 Å². The van der Waals surface area contributed by atoms with Crippen LogP contribution >= 0.6 is 0 Å². The fraction of sp³-hybridized carbons (Fsp3) is 0.300. The molecule has 0 N–H and O–H groups in total. The van der Waals surface area contributed by atoms with E-state index >= 15 is 0 Å². The number of carbonyl (C=O) groups is 1. The molecule has 0 aromatic heterocycles. The van der Waals surface area contributed by atoms with E-state index in [1.807, 2.05) is 4.90 Å². The number of sulfonamides is 1. The smallest absolute Gasteiger partial charge is 0.311 e. The van der Waals surface area contributed by atoms with Crippen LogP contribution in [0.5, 0.6) is 0 Å². The molecule has 2 aromatic rings. The van der Waals surface area contributed by atoms with E-state index in [2.05, 4.69) is 4.40 Å². The highest BCUT2D eigenvalue weighted by Crippen LogP contribution is 2.30. The molecule has 1 unspecified atom stereocenters. The minimum atomic E-state index is -3.69. The molecule has 8 heteroatoms. The highest BCUT2D eigenvalue weighted by molar-refractivity contribution is 7.90. The van der Waals surface area contributed by atoms with E-state index < -0.39 is 10.0 Å². The summed E-state index contributed by atoms with van der Waals surface area (Å²) in [4.78, 5) is 14.5. The van der Waals surface area contributed by atoms with Crippen LogP contribution in [0.1, 0.15) is 24.0 Å². The van der Waals surface area contributed by atoms with Gasteiger partial charge in [-0.3, -0.25) is 4.79 Å². The quantitative estimate of drug-likeness (QED) is 0.738. The zero-order valence-electron chi connectivity index (χ0n) is 15.0. The van der Waals surface area contributed by atoms with Crippen LogP contribution in [-0.4, -0.2) is 38.2 Å². The van der Waals surface area contributed by atoms with Crippen molar-refractivity contribution in [3.05, 3.63) is 65.5 Å². The highest BCUT2D eigenvalue weighted by atomic mass is 32.2. The summed E-state index contributed by atoms with van der Waals surface area (Å²) in [5.74, 6) is -0.659. The summed E-state index contributed by atoms with van der Waals surface area (Å²) < 4.78 is 46.8. The minimum absolute atomic E-state index is 0.0772. The number of ether oxygens (including phenoxy) is 1. The maximum Gasteiger partial charge on any atom is 0.311 e. The lowest BCUT2D eigenvalue weighted by Gasteiger charge is -2.32. The standard InChI is InChI=1S/C20H19FN2O4S/c21-16-9-7-14(8-10-16)13-27-20(24)15-4-3-11-23(12-15)19-17-5-1-2-6-18(17)28(25,26)22-19/h1-2,5-10,15H,3-4,11-13H2. The molecule has 0 amide bonds. The van der Waals surface area contributed by atoms with Gasteiger partial charge >= 0.3 is 5.97 Å². The third-order valence-corrected chi connectivity index (χ3v) is 6.29. The van der Waals surface area contributed by atoms with Crippen LogP contribution in [0.3, 0.4) is 0 Å². The van der Waals surface area contributed by atoms with Gasteiger partial charge in [0, 0.05) is 18.7 Å².